The molecule has 0 aliphatic heterocycles. The van der Waals surface area contributed by atoms with Crippen LogP contribution in [0.3, 0.4) is 0 Å². The van der Waals surface area contributed by atoms with E-state index in [0.717, 1.165) is 25.7 Å². The molecule has 1 aromatic carbocycles. The molecule has 0 saturated heterocycles. The highest BCUT2D eigenvalue weighted by Gasteiger charge is 2.08. The number of alkyl carbamates (subject to hydrolysis) is 1. The van der Waals surface area contributed by atoms with Gasteiger partial charge in [0, 0.05) is 31.2 Å². The molecule has 1 aromatic rings. The summed E-state index contributed by atoms with van der Waals surface area (Å²) < 4.78 is 30.8. The molecule has 0 aromatic heterocycles. The number of amides is 1. The maximum Gasteiger partial charge on any atom is 0.514 e. The van der Waals surface area contributed by atoms with Crippen LogP contribution in [0.2, 0.25) is 0 Å². The number of benzene rings is 1. The number of nitrogens with one attached hydrogen (secondary N) is 1. The zero-order valence-corrected chi connectivity index (χ0v) is 21.5. The second-order valence-corrected chi connectivity index (χ2v) is 7.73. The van der Waals surface area contributed by atoms with Gasteiger partial charge in [-0.05, 0) is 31.1 Å². The third kappa shape index (κ3) is 18.9. The molecule has 0 fully saturated rings. The molecule has 0 atom stereocenters. The van der Waals surface area contributed by atoms with Gasteiger partial charge in [-0.1, -0.05) is 18.9 Å². The first kappa shape index (κ1) is 32.1. The number of unbranched alkanes of at least 4 members (excludes halogenated alkanes) is 3. The second kappa shape index (κ2) is 22.3. The van der Waals surface area contributed by atoms with Crippen LogP contribution in [0.15, 0.2) is 36.4 Å². The van der Waals surface area contributed by atoms with Gasteiger partial charge in [0.15, 0.2) is 0 Å². The first-order valence-corrected chi connectivity index (χ1v) is 12.5. The van der Waals surface area contributed by atoms with Crippen molar-refractivity contribution in [1.29, 1.82) is 0 Å². The van der Waals surface area contributed by atoms with E-state index in [2.05, 4.69) is 5.32 Å². The first-order chi connectivity index (χ1) is 18.0. The van der Waals surface area contributed by atoms with Crippen molar-refractivity contribution in [3.63, 3.8) is 0 Å². The van der Waals surface area contributed by atoms with Crippen molar-refractivity contribution in [2.24, 2.45) is 0 Å². The molecule has 0 heterocycles. The predicted octanol–water partition coefficient (Wildman–Crippen LogP) is 4.24. The molecule has 37 heavy (non-hydrogen) atoms. The largest absolute Gasteiger partial charge is 0.514 e. The topological polar surface area (TPSA) is 145 Å². The van der Waals surface area contributed by atoms with E-state index in [9.17, 15) is 19.7 Å². The van der Waals surface area contributed by atoms with Gasteiger partial charge in [0.25, 0.3) is 5.69 Å². The summed E-state index contributed by atoms with van der Waals surface area (Å²) in [5.41, 5.74) is -0.114. The fourth-order valence-electron chi connectivity index (χ4n) is 2.61. The summed E-state index contributed by atoms with van der Waals surface area (Å²) >= 11 is 5.62. The van der Waals surface area contributed by atoms with Gasteiger partial charge in [0.05, 0.1) is 38.0 Å². The van der Waals surface area contributed by atoms with Crippen molar-refractivity contribution >= 4 is 29.5 Å². The smallest absolute Gasteiger partial charge is 0.447 e. The van der Waals surface area contributed by atoms with E-state index in [-0.39, 0.29) is 37.9 Å². The summed E-state index contributed by atoms with van der Waals surface area (Å²) in [4.78, 5) is 33.1. The lowest BCUT2D eigenvalue weighted by Gasteiger charge is -2.08. The molecule has 0 bridgehead atoms. The van der Waals surface area contributed by atoms with Crippen molar-refractivity contribution in [1.82, 2.24) is 5.32 Å². The third-order valence-corrected chi connectivity index (χ3v) is 4.72. The Morgan fingerprint density at radius 2 is 1.51 bits per heavy atom. The van der Waals surface area contributed by atoms with E-state index in [0.29, 0.717) is 38.9 Å². The minimum absolute atomic E-state index is 0.0443. The maximum absolute atomic E-state index is 11.6. The Hall–Kier alpha value is -2.93. The summed E-state index contributed by atoms with van der Waals surface area (Å²) in [7, 11) is 0. The lowest BCUT2D eigenvalue weighted by atomic mass is 10.2. The number of carbonyl (C=O) groups excluding carboxylic acids is 2. The Morgan fingerprint density at radius 1 is 0.838 bits per heavy atom. The molecule has 0 unspecified atom stereocenters. The van der Waals surface area contributed by atoms with Crippen molar-refractivity contribution < 1.29 is 42.9 Å². The Kier molecular flexibility index (Phi) is 19.3. The molecular weight excluding hydrogens is 512 g/mol. The summed E-state index contributed by atoms with van der Waals surface area (Å²) in [5.74, 6) is 0.836. The fraction of sp³-hybridized carbons (Fsp3) is 0.583. The minimum Gasteiger partial charge on any atom is -0.447 e. The number of nitrogens with zero attached hydrogens (tertiary/aromatic N) is 1. The van der Waals surface area contributed by atoms with Crippen LogP contribution >= 0.6 is 11.6 Å². The molecule has 0 aliphatic rings. The molecule has 0 aliphatic carbocycles. The van der Waals surface area contributed by atoms with E-state index in [1.807, 2.05) is 0 Å². The first-order valence-electron chi connectivity index (χ1n) is 12.0. The molecule has 0 spiro atoms. The molecule has 1 N–H and O–H groups in total. The number of non-ortho nitro benzene ring substituents is 1. The number of carbonyl (C=O) groups is 2. The highest BCUT2D eigenvalue weighted by Crippen LogP contribution is 2.17. The van der Waals surface area contributed by atoms with Crippen molar-refractivity contribution in [3.05, 3.63) is 46.5 Å². The van der Waals surface area contributed by atoms with Crippen LogP contribution in [0.25, 0.3) is 0 Å². The van der Waals surface area contributed by atoms with Crippen LogP contribution in [0.1, 0.15) is 25.7 Å². The van der Waals surface area contributed by atoms with Crippen LogP contribution < -0.4 is 10.1 Å². The summed E-state index contributed by atoms with van der Waals surface area (Å²) in [6.07, 6.45) is 5.98. The van der Waals surface area contributed by atoms with Gasteiger partial charge in [0.1, 0.15) is 19.0 Å². The molecule has 208 valence electrons. The average Bonchev–Trinajstić information content (AvgIpc) is 2.88. The fourth-order valence-corrected chi connectivity index (χ4v) is 2.80. The molecule has 0 saturated carbocycles. The summed E-state index contributed by atoms with van der Waals surface area (Å²) in [6, 6.07) is 5.03. The Balaban J connectivity index is 1.88. The van der Waals surface area contributed by atoms with Gasteiger partial charge in [-0.3, -0.25) is 10.1 Å². The lowest BCUT2D eigenvalue weighted by Crippen LogP contribution is -2.29. The number of nitro benzene ring substituents is 1. The number of halogens is 1. The van der Waals surface area contributed by atoms with Crippen LogP contribution in [-0.4, -0.2) is 82.5 Å². The van der Waals surface area contributed by atoms with Crippen molar-refractivity contribution in [3.8, 4) is 5.75 Å². The van der Waals surface area contributed by atoms with Crippen molar-refractivity contribution in [2.45, 2.75) is 25.7 Å². The summed E-state index contributed by atoms with van der Waals surface area (Å²) in [6.45, 7) is 2.84. The number of alkyl halides is 1. The Bertz CT molecular complexity index is 792. The number of rotatable bonds is 21. The van der Waals surface area contributed by atoms with Gasteiger partial charge in [0.2, 0.25) is 0 Å². The Labute approximate surface area is 221 Å². The van der Waals surface area contributed by atoms with Crippen LogP contribution in [-0.2, 0) is 23.7 Å². The standard InChI is InChI=1S/C24H35ClN2O10/c25-11-3-1-2-4-13-32-17-18-34-16-12-26-23(28)35-20-19-33-14-5-6-15-36-24(29)37-22-9-7-21(8-10-22)27(30)31/h5-10H,1-4,11-20H2,(H,26,28)/b6-5+. The Morgan fingerprint density at radius 3 is 2.24 bits per heavy atom. The van der Waals surface area contributed by atoms with Gasteiger partial charge in [-0.15, -0.1) is 11.6 Å². The van der Waals surface area contributed by atoms with E-state index < -0.39 is 17.2 Å². The normalized spacial score (nSPS) is 10.8. The van der Waals surface area contributed by atoms with E-state index in [1.54, 1.807) is 12.2 Å². The van der Waals surface area contributed by atoms with E-state index in [1.165, 1.54) is 24.3 Å². The van der Waals surface area contributed by atoms with E-state index >= 15 is 0 Å². The zero-order chi connectivity index (χ0) is 27.0. The predicted molar refractivity (Wildman–Crippen MR) is 135 cm³/mol. The molecular formula is C24H35ClN2O10. The highest BCUT2D eigenvalue weighted by atomic mass is 35.5. The van der Waals surface area contributed by atoms with Gasteiger partial charge < -0.3 is 33.7 Å². The van der Waals surface area contributed by atoms with Crippen LogP contribution in [0, 0.1) is 10.1 Å². The molecule has 13 heteroatoms. The van der Waals surface area contributed by atoms with Gasteiger partial charge in [-0.2, -0.15) is 0 Å². The van der Waals surface area contributed by atoms with Crippen molar-refractivity contribution in [2.75, 3.05) is 65.3 Å². The zero-order valence-electron chi connectivity index (χ0n) is 20.8. The molecule has 1 rings (SSSR count). The monoisotopic (exact) mass is 546 g/mol. The number of ether oxygens (including phenoxy) is 6. The third-order valence-electron chi connectivity index (χ3n) is 4.45. The van der Waals surface area contributed by atoms with Crippen LogP contribution in [0.5, 0.6) is 5.75 Å². The number of nitro groups is 1. The molecule has 1 amide bonds. The molecule has 0 radical (unpaired) electrons. The summed E-state index contributed by atoms with van der Waals surface area (Å²) in [5, 5.41) is 13.2. The quantitative estimate of drug-likeness (QED) is 0.0452. The lowest BCUT2D eigenvalue weighted by molar-refractivity contribution is -0.384. The number of hydrogen-bond acceptors (Lipinski definition) is 10. The molecule has 12 nitrogen and oxygen atoms in total. The van der Waals surface area contributed by atoms with E-state index in [4.69, 9.17) is 40.0 Å². The number of hydrogen-bond donors (Lipinski definition) is 1. The maximum atomic E-state index is 11.6. The second-order valence-electron chi connectivity index (χ2n) is 7.35. The van der Waals surface area contributed by atoms with Gasteiger partial charge in [-0.25, -0.2) is 9.59 Å². The SMILES string of the molecule is O=C(NCCOCCOCCCCCCCl)OCCOC/C=C/COC(=O)Oc1ccc([N+](=O)[O-])cc1. The highest BCUT2D eigenvalue weighted by molar-refractivity contribution is 6.17. The van der Waals surface area contributed by atoms with Gasteiger partial charge >= 0.3 is 12.2 Å². The average molecular weight is 547 g/mol. The van der Waals surface area contributed by atoms with Crippen LogP contribution in [0.4, 0.5) is 15.3 Å². The minimum atomic E-state index is -0.943.